The second kappa shape index (κ2) is 6.97. The number of benzene rings is 1. The largest absolute Gasteiger partial charge is 0.507 e. The molecule has 1 heterocycles. The SMILES string of the molecule is N#CCCCN1C(=O)SC(=Cc2ccc(O)c(C(F)(F)F)c2)C1=O. The fraction of sp³-hybridized carbons (Fsp3) is 0.267. The number of carbonyl (C=O) groups excluding carboxylic acids is 2. The van der Waals surface area contributed by atoms with Gasteiger partial charge in [0.2, 0.25) is 0 Å². The van der Waals surface area contributed by atoms with Crippen LogP contribution in [-0.2, 0) is 11.0 Å². The van der Waals surface area contributed by atoms with Crippen LogP contribution in [0, 0.1) is 11.3 Å². The lowest BCUT2D eigenvalue weighted by Gasteiger charge is -2.11. The molecule has 1 aromatic rings. The van der Waals surface area contributed by atoms with E-state index in [0.717, 1.165) is 11.0 Å². The first-order valence-corrected chi connectivity index (χ1v) is 7.58. The van der Waals surface area contributed by atoms with Crippen LogP contribution in [0.1, 0.15) is 24.0 Å². The first-order valence-electron chi connectivity index (χ1n) is 6.76. The minimum atomic E-state index is -4.73. The standard InChI is InChI=1S/C15H11F3N2O3S/c16-15(17,18)10-7-9(3-4-11(10)21)8-12-13(22)20(14(23)24-12)6-2-1-5-19/h3-4,7-8,21H,1-2,6H2. The third-order valence-electron chi connectivity index (χ3n) is 3.17. The monoisotopic (exact) mass is 356 g/mol. The summed E-state index contributed by atoms with van der Waals surface area (Å²) in [5.41, 5.74) is -1.17. The van der Waals surface area contributed by atoms with Crippen LogP contribution in [0.4, 0.5) is 18.0 Å². The van der Waals surface area contributed by atoms with E-state index in [1.807, 2.05) is 6.07 Å². The molecule has 0 aliphatic carbocycles. The number of halogens is 3. The third-order valence-corrected chi connectivity index (χ3v) is 4.08. The molecule has 1 N–H and O–H groups in total. The van der Waals surface area contributed by atoms with Gasteiger partial charge in [0.1, 0.15) is 5.75 Å². The Morgan fingerprint density at radius 2 is 2.04 bits per heavy atom. The van der Waals surface area contributed by atoms with Crippen molar-refractivity contribution in [3.63, 3.8) is 0 Å². The van der Waals surface area contributed by atoms with Crippen LogP contribution in [-0.4, -0.2) is 27.7 Å². The van der Waals surface area contributed by atoms with Gasteiger partial charge >= 0.3 is 6.18 Å². The van der Waals surface area contributed by atoms with Crippen molar-refractivity contribution < 1.29 is 27.9 Å². The van der Waals surface area contributed by atoms with E-state index >= 15 is 0 Å². The molecule has 5 nitrogen and oxygen atoms in total. The number of aromatic hydroxyl groups is 1. The van der Waals surface area contributed by atoms with Gasteiger partial charge in [0.15, 0.2) is 0 Å². The van der Waals surface area contributed by atoms with Crippen LogP contribution in [0.3, 0.4) is 0 Å². The van der Waals surface area contributed by atoms with Crippen molar-refractivity contribution in [1.82, 2.24) is 4.90 Å². The van der Waals surface area contributed by atoms with Crippen molar-refractivity contribution >= 4 is 29.0 Å². The van der Waals surface area contributed by atoms with Crippen LogP contribution >= 0.6 is 11.8 Å². The number of unbranched alkanes of at least 4 members (excludes halogenated alkanes) is 1. The highest BCUT2D eigenvalue weighted by Gasteiger charge is 2.36. The highest BCUT2D eigenvalue weighted by molar-refractivity contribution is 8.18. The average molecular weight is 356 g/mol. The maximum absolute atomic E-state index is 12.8. The molecule has 2 rings (SSSR count). The smallest absolute Gasteiger partial charge is 0.419 e. The van der Waals surface area contributed by atoms with E-state index in [1.165, 1.54) is 12.1 Å². The number of imide groups is 1. The number of nitrogens with zero attached hydrogens (tertiary/aromatic N) is 2. The Labute approximate surface area is 139 Å². The van der Waals surface area contributed by atoms with Crippen molar-refractivity contribution in [2.45, 2.75) is 19.0 Å². The Balaban J connectivity index is 2.25. The highest BCUT2D eigenvalue weighted by Crippen LogP contribution is 2.38. The first-order chi connectivity index (χ1) is 11.2. The van der Waals surface area contributed by atoms with Gasteiger partial charge in [-0.2, -0.15) is 18.4 Å². The van der Waals surface area contributed by atoms with Crippen LogP contribution in [0.2, 0.25) is 0 Å². The number of phenolic OH excluding ortho intramolecular Hbond substituents is 1. The summed E-state index contributed by atoms with van der Waals surface area (Å²) in [6.07, 6.45) is -3.04. The van der Waals surface area contributed by atoms with E-state index in [1.54, 1.807) is 0 Å². The molecule has 0 atom stereocenters. The minimum Gasteiger partial charge on any atom is -0.507 e. The van der Waals surface area contributed by atoms with Crippen molar-refractivity contribution in [2.24, 2.45) is 0 Å². The quantitative estimate of drug-likeness (QED) is 0.656. The van der Waals surface area contributed by atoms with Crippen molar-refractivity contribution in [1.29, 1.82) is 5.26 Å². The molecule has 0 unspecified atom stereocenters. The Hall–Kier alpha value is -2.47. The summed E-state index contributed by atoms with van der Waals surface area (Å²) < 4.78 is 38.3. The molecule has 0 saturated carbocycles. The number of rotatable bonds is 4. The van der Waals surface area contributed by atoms with Gasteiger partial charge in [-0.25, -0.2) is 0 Å². The predicted octanol–water partition coefficient (Wildman–Crippen LogP) is 3.75. The van der Waals surface area contributed by atoms with Crippen LogP contribution in [0.5, 0.6) is 5.75 Å². The highest BCUT2D eigenvalue weighted by atomic mass is 32.2. The van der Waals surface area contributed by atoms with Gasteiger partial charge in [0.25, 0.3) is 11.1 Å². The first kappa shape index (κ1) is 17.9. The molecule has 1 aliphatic rings. The van der Waals surface area contributed by atoms with Crippen molar-refractivity contribution in [2.75, 3.05) is 6.54 Å². The number of carbonyl (C=O) groups is 2. The Morgan fingerprint density at radius 3 is 2.67 bits per heavy atom. The molecule has 0 bridgehead atoms. The van der Waals surface area contributed by atoms with Gasteiger partial charge in [-0.05, 0) is 42.0 Å². The molecular weight excluding hydrogens is 345 g/mol. The zero-order valence-electron chi connectivity index (χ0n) is 12.1. The molecule has 1 fully saturated rings. The second-order valence-electron chi connectivity index (χ2n) is 4.87. The number of amides is 2. The summed E-state index contributed by atoms with van der Waals surface area (Å²) >= 11 is 0.624. The molecule has 0 radical (unpaired) electrons. The van der Waals surface area contributed by atoms with E-state index in [2.05, 4.69) is 0 Å². The predicted molar refractivity (Wildman–Crippen MR) is 80.6 cm³/mol. The molecule has 0 aromatic heterocycles. The Bertz CT molecular complexity index is 753. The zero-order valence-corrected chi connectivity index (χ0v) is 12.9. The van der Waals surface area contributed by atoms with Gasteiger partial charge in [-0.15, -0.1) is 0 Å². The summed E-state index contributed by atoms with van der Waals surface area (Å²) in [5.74, 6) is -1.52. The van der Waals surface area contributed by atoms with E-state index in [9.17, 15) is 27.9 Å². The van der Waals surface area contributed by atoms with Gasteiger partial charge in [0, 0.05) is 13.0 Å². The number of hydrogen-bond donors (Lipinski definition) is 1. The number of phenols is 1. The fourth-order valence-corrected chi connectivity index (χ4v) is 2.90. The van der Waals surface area contributed by atoms with Gasteiger partial charge in [-0.3, -0.25) is 14.5 Å². The lowest BCUT2D eigenvalue weighted by molar-refractivity contribution is -0.138. The van der Waals surface area contributed by atoms with Crippen LogP contribution < -0.4 is 0 Å². The number of alkyl halides is 3. The molecular formula is C15H11F3N2O3S. The van der Waals surface area contributed by atoms with Gasteiger partial charge in [-0.1, -0.05) is 6.07 Å². The fourth-order valence-electron chi connectivity index (χ4n) is 2.03. The Morgan fingerprint density at radius 1 is 1.33 bits per heavy atom. The summed E-state index contributed by atoms with van der Waals surface area (Å²) in [5, 5.41) is 17.2. The van der Waals surface area contributed by atoms with Crippen molar-refractivity contribution in [3.8, 4) is 11.8 Å². The number of thioether (sulfide) groups is 1. The van der Waals surface area contributed by atoms with E-state index in [-0.39, 0.29) is 23.4 Å². The lowest BCUT2D eigenvalue weighted by Crippen LogP contribution is -2.29. The van der Waals surface area contributed by atoms with Gasteiger partial charge < -0.3 is 5.11 Å². The number of nitriles is 1. The molecule has 9 heteroatoms. The topological polar surface area (TPSA) is 81.4 Å². The molecule has 24 heavy (non-hydrogen) atoms. The van der Waals surface area contributed by atoms with Gasteiger partial charge in [0.05, 0.1) is 16.5 Å². The zero-order chi connectivity index (χ0) is 17.9. The summed E-state index contributed by atoms with van der Waals surface area (Å²) in [6, 6.07) is 4.70. The van der Waals surface area contributed by atoms with E-state index in [0.29, 0.717) is 24.2 Å². The molecule has 2 amide bonds. The summed E-state index contributed by atoms with van der Waals surface area (Å²) in [7, 11) is 0. The Kier molecular flexibility index (Phi) is 5.19. The minimum absolute atomic E-state index is 0.00391. The average Bonchev–Trinajstić information content (AvgIpc) is 2.75. The summed E-state index contributed by atoms with van der Waals surface area (Å²) in [6.45, 7) is 0.0823. The molecule has 1 aromatic carbocycles. The third kappa shape index (κ3) is 3.89. The van der Waals surface area contributed by atoms with Crippen molar-refractivity contribution in [3.05, 3.63) is 34.2 Å². The molecule has 126 valence electrons. The van der Waals surface area contributed by atoms with Crippen LogP contribution in [0.15, 0.2) is 23.1 Å². The normalized spacial score (nSPS) is 16.8. The molecule has 0 spiro atoms. The second-order valence-corrected chi connectivity index (χ2v) is 5.86. The number of hydrogen-bond acceptors (Lipinski definition) is 5. The maximum atomic E-state index is 12.8. The lowest BCUT2D eigenvalue weighted by atomic mass is 10.1. The maximum Gasteiger partial charge on any atom is 0.419 e. The molecule has 1 saturated heterocycles. The van der Waals surface area contributed by atoms with E-state index < -0.39 is 28.6 Å². The van der Waals surface area contributed by atoms with Crippen LogP contribution in [0.25, 0.3) is 6.08 Å². The summed E-state index contributed by atoms with van der Waals surface area (Å²) in [4.78, 5) is 24.9. The molecule has 1 aliphatic heterocycles. The van der Waals surface area contributed by atoms with E-state index in [4.69, 9.17) is 5.26 Å².